The van der Waals surface area contributed by atoms with E-state index in [-0.39, 0.29) is 6.04 Å². The predicted molar refractivity (Wildman–Crippen MR) is 77.7 cm³/mol. The molecule has 1 saturated carbocycles. The molecule has 3 unspecified atom stereocenters. The summed E-state index contributed by atoms with van der Waals surface area (Å²) in [5, 5.41) is 4.16. The fraction of sp³-hybridized carbons (Fsp3) is 0.929. The van der Waals surface area contributed by atoms with Crippen LogP contribution in [0, 0.1) is 0 Å². The third-order valence-corrected chi connectivity index (χ3v) is 5.37. The zero-order valence-electron chi connectivity index (χ0n) is 11.7. The molecule has 0 radical (unpaired) electrons. The number of hydrogen-bond acceptors (Lipinski definition) is 3. The highest BCUT2D eigenvalue weighted by Crippen LogP contribution is 2.33. The summed E-state index contributed by atoms with van der Waals surface area (Å²) in [4.78, 5) is 14.4. The molecule has 1 aliphatic heterocycles. The average molecular weight is 270 g/mol. The molecule has 0 aromatic carbocycles. The van der Waals surface area contributed by atoms with Crippen molar-refractivity contribution in [3.8, 4) is 0 Å². The van der Waals surface area contributed by atoms with Crippen LogP contribution in [0.4, 0.5) is 0 Å². The largest absolute Gasteiger partial charge is 0.326 e. The summed E-state index contributed by atoms with van der Waals surface area (Å²) >= 11 is 2.06. The van der Waals surface area contributed by atoms with Crippen molar-refractivity contribution < 1.29 is 4.79 Å². The first kappa shape index (κ1) is 14.2. The number of amides is 1. The van der Waals surface area contributed by atoms with Crippen LogP contribution in [-0.4, -0.2) is 40.6 Å². The first-order chi connectivity index (χ1) is 8.76. The Bertz CT molecular complexity index is 285. The molecule has 0 aromatic rings. The van der Waals surface area contributed by atoms with Crippen molar-refractivity contribution in [3.05, 3.63) is 0 Å². The van der Waals surface area contributed by atoms with E-state index in [0.717, 1.165) is 24.8 Å². The van der Waals surface area contributed by atoms with Gasteiger partial charge >= 0.3 is 0 Å². The average Bonchev–Trinajstić information content (AvgIpc) is 2.94. The zero-order valence-corrected chi connectivity index (χ0v) is 12.5. The Morgan fingerprint density at radius 2 is 2.22 bits per heavy atom. The number of carbonyl (C=O) groups is 1. The lowest BCUT2D eigenvalue weighted by Crippen LogP contribution is -2.37. The molecule has 1 amide bonds. The minimum Gasteiger partial charge on any atom is -0.326 e. The van der Waals surface area contributed by atoms with Gasteiger partial charge in [0, 0.05) is 11.3 Å². The second kappa shape index (κ2) is 6.80. The molecule has 0 spiro atoms. The number of hydrogen-bond donors (Lipinski definition) is 1. The third-order valence-electron chi connectivity index (χ3n) is 4.14. The molecule has 3 atom stereocenters. The van der Waals surface area contributed by atoms with Crippen LogP contribution >= 0.6 is 11.8 Å². The van der Waals surface area contributed by atoms with Gasteiger partial charge in [-0.3, -0.25) is 10.1 Å². The predicted octanol–water partition coefficient (Wildman–Crippen LogP) is 2.61. The van der Waals surface area contributed by atoms with E-state index < -0.39 is 0 Å². The van der Waals surface area contributed by atoms with E-state index in [4.69, 9.17) is 0 Å². The standard InChI is InChI=1S/C14H26N2OS/c1-3-5-6-13-14(17)16(10-15-13)11-7-8-12(9-11)18-4-2/h11-13,15H,3-10H2,1-2H3. The summed E-state index contributed by atoms with van der Waals surface area (Å²) in [7, 11) is 0. The monoisotopic (exact) mass is 270 g/mol. The van der Waals surface area contributed by atoms with E-state index in [0.29, 0.717) is 11.9 Å². The van der Waals surface area contributed by atoms with Crippen molar-refractivity contribution in [1.82, 2.24) is 10.2 Å². The van der Waals surface area contributed by atoms with Gasteiger partial charge in [-0.1, -0.05) is 26.7 Å². The lowest BCUT2D eigenvalue weighted by molar-refractivity contribution is -0.130. The molecule has 3 nitrogen and oxygen atoms in total. The molecule has 1 aliphatic carbocycles. The number of thioether (sulfide) groups is 1. The summed E-state index contributed by atoms with van der Waals surface area (Å²) in [6.07, 6.45) is 7.01. The Morgan fingerprint density at radius 1 is 1.39 bits per heavy atom. The Kier molecular flexibility index (Phi) is 5.37. The van der Waals surface area contributed by atoms with Crippen LogP contribution in [0.25, 0.3) is 0 Å². The van der Waals surface area contributed by atoms with Crippen LogP contribution in [0.2, 0.25) is 0 Å². The molecular weight excluding hydrogens is 244 g/mol. The molecule has 2 aliphatic rings. The molecule has 1 heterocycles. The lowest BCUT2D eigenvalue weighted by Gasteiger charge is -2.23. The maximum atomic E-state index is 12.3. The van der Waals surface area contributed by atoms with Crippen LogP contribution in [0.15, 0.2) is 0 Å². The minimum atomic E-state index is 0.0998. The van der Waals surface area contributed by atoms with Gasteiger partial charge in [0.15, 0.2) is 0 Å². The number of carbonyl (C=O) groups excluding carboxylic acids is 1. The Balaban J connectivity index is 1.82. The second-order valence-electron chi connectivity index (χ2n) is 5.41. The van der Waals surface area contributed by atoms with Crippen molar-refractivity contribution in [2.45, 2.75) is 69.7 Å². The van der Waals surface area contributed by atoms with Gasteiger partial charge in [0.05, 0.1) is 12.7 Å². The van der Waals surface area contributed by atoms with Crippen LogP contribution < -0.4 is 5.32 Å². The summed E-state index contributed by atoms with van der Waals surface area (Å²) in [5.74, 6) is 1.55. The fourth-order valence-electron chi connectivity index (χ4n) is 3.10. The highest BCUT2D eigenvalue weighted by Gasteiger charge is 2.38. The van der Waals surface area contributed by atoms with Gasteiger partial charge in [-0.05, 0) is 31.4 Å². The highest BCUT2D eigenvalue weighted by atomic mass is 32.2. The molecule has 104 valence electrons. The topological polar surface area (TPSA) is 32.3 Å². The van der Waals surface area contributed by atoms with Gasteiger partial charge in [-0.15, -0.1) is 0 Å². The van der Waals surface area contributed by atoms with Crippen LogP contribution in [0.5, 0.6) is 0 Å². The lowest BCUT2D eigenvalue weighted by atomic mass is 10.1. The molecule has 1 saturated heterocycles. The van der Waals surface area contributed by atoms with Gasteiger partial charge in [0.2, 0.25) is 5.91 Å². The van der Waals surface area contributed by atoms with Crippen molar-refractivity contribution in [3.63, 3.8) is 0 Å². The van der Waals surface area contributed by atoms with Crippen LogP contribution in [0.3, 0.4) is 0 Å². The molecule has 18 heavy (non-hydrogen) atoms. The van der Waals surface area contributed by atoms with Gasteiger partial charge in [0.1, 0.15) is 0 Å². The van der Waals surface area contributed by atoms with E-state index in [1.54, 1.807) is 0 Å². The van der Waals surface area contributed by atoms with E-state index in [9.17, 15) is 4.79 Å². The fourth-order valence-corrected chi connectivity index (χ4v) is 4.24. The van der Waals surface area contributed by atoms with Crippen LogP contribution in [0.1, 0.15) is 52.4 Å². The Hall–Kier alpha value is -0.220. The van der Waals surface area contributed by atoms with Crippen molar-refractivity contribution in [2.24, 2.45) is 0 Å². The summed E-state index contributed by atoms with van der Waals surface area (Å²) < 4.78 is 0. The Labute approximate surface area is 115 Å². The first-order valence-corrected chi connectivity index (χ1v) is 8.46. The van der Waals surface area contributed by atoms with Crippen molar-refractivity contribution >= 4 is 17.7 Å². The molecule has 1 N–H and O–H groups in total. The maximum Gasteiger partial charge on any atom is 0.241 e. The van der Waals surface area contributed by atoms with Gasteiger partial charge in [-0.2, -0.15) is 11.8 Å². The molecule has 2 rings (SSSR count). The normalized spacial score (nSPS) is 32.4. The van der Waals surface area contributed by atoms with Crippen LogP contribution in [-0.2, 0) is 4.79 Å². The van der Waals surface area contributed by atoms with E-state index in [1.165, 1.54) is 31.4 Å². The SMILES string of the molecule is CCCCC1NCN(C2CCC(SCC)C2)C1=O. The smallest absolute Gasteiger partial charge is 0.241 e. The van der Waals surface area contributed by atoms with Crippen molar-refractivity contribution in [2.75, 3.05) is 12.4 Å². The molecule has 0 bridgehead atoms. The third kappa shape index (κ3) is 3.21. The molecule has 2 fully saturated rings. The maximum absolute atomic E-state index is 12.3. The van der Waals surface area contributed by atoms with Gasteiger partial charge in [0.25, 0.3) is 0 Å². The quantitative estimate of drug-likeness (QED) is 0.805. The van der Waals surface area contributed by atoms with E-state index in [1.807, 2.05) is 0 Å². The zero-order chi connectivity index (χ0) is 13.0. The number of rotatable bonds is 6. The summed E-state index contributed by atoms with van der Waals surface area (Å²) in [5.41, 5.74) is 0. The number of unbranched alkanes of at least 4 members (excludes halogenated alkanes) is 1. The van der Waals surface area contributed by atoms with Gasteiger partial charge < -0.3 is 4.90 Å². The molecular formula is C14H26N2OS. The number of nitrogens with one attached hydrogen (secondary N) is 1. The highest BCUT2D eigenvalue weighted by molar-refractivity contribution is 7.99. The summed E-state index contributed by atoms with van der Waals surface area (Å²) in [6.45, 7) is 5.18. The van der Waals surface area contributed by atoms with E-state index >= 15 is 0 Å². The second-order valence-corrected chi connectivity index (χ2v) is 6.99. The van der Waals surface area contributed by atoms with Crippen molar-refractivity contribution in [1.29, 1.82) is 0 Å². The minimum absolute atomic E-state index is 0.0998. The van der Waals surface area contributed by atoms with Gasteiger partial charge in [-0.25, -0.2) is 0 Å². The molecule has 4 heteroatoms. The summed E-state index contributed by atoms with van der Waals surface area (Å²) in [6, 6.07) is 0.600. The Morgan fingerprint density at radius 3 is 2.94 bits per heavy atom. The first-order valence-electron chi connectivity index (χ1n) is 7.41. The van der Waals surface area contributed by atoms with E-state index in [2.05, 4.69) is 35.8 Å². The molecule has 0 aromatic heterocycles. The number of nitrogens with zero attached hydrogens (tertiary/aromatic N) is 1.